The molecule has 0 saturated carbocycles. The predicted molar refractivity (Wildman–Crippen MR) is 110 cm³/mol. The Morgan fingerprint density at radius 1 is 1.07 bits per heavy atom. The van der Waals surface area contributed by atoms with Gasteiger partial charge in [-0.2, -0.15) is 0 Å². The normalized spacial score (nSPS) is 22.6. The number of ether oxygens (including phenoxy) is 1. The molecule has 4 nitrogen and oxygen atoms in total. The largest absolute Gasteiger partial charge is 0.494 e. The van der Waals surface area contributed by atoms with Gasteiger partial charge in [-0.1, -0.05) is 28.1 Å². The fraction of sp³-hybridized carbons (Fsp3) is 0.409. The summed E-state index contributed by atoms with van der Waals surface area (Å²) in [6, 6.07) is 16.3. The van der Waals surface area contributed by atoms with Gasteiger partial charge >= 0.3 is 0 Å². The smallest absolute Gasteiger partial charge is 0.225 e. The van der Waals surface area contributed by atoms with Crippen LogP contribution in [-0.2, 0) is 5.72 Å². The lowest BCUT2D eigenvalue weighted by atomic mass is 9.94. The Morgan fingerprint density at radius 3 is 2.52 bits per heavy atom. The summed E-state index contributed by atoms with van der Waals surface area (Å²) >= 11 is 3.50. The van der Waals surface area contributed by atoms with Crippen LogP contribution in [0, 0.1) is 0 Å². The van der Waals surface area contributed by atoms with Crippen molar-refractivity contribution < 1.29 is 14.5 Å². The van der Waals surface area contributed by atoms with Gasteiger partial charge < -0.3 is 9.84 Å². The van der Waals surface area contributed by atoms with Crippen molar-refractivity contribution in [2.45, 2.75) is 38.3 Å². The van der Waals surface area contributed by atoms with E-state index in [1.165, 1.54) is 12.1 Å². The molecule has 2 aliphatic heterocycles. The fourth-order valence-electron chi connectivity index (χ4n) is 4.15. The van der Waals surface area contributed by atoms with Gasteiger partial charge in [0.15, 0.2) is 6.54 Å². The number of hydrogen-bond donors (Lipinski definition) is 1. The molecule has 1 saturated heterocycles. The third-order valence-electron chi connectivity index (χ3n) is 5.49. The SMILES string of the molecule is CCOc1ccc(C2=[N+]3CCCCCN3C(O)(c3ccc(Br)cc3)C2)cc1. The van der Waals surface area contributed by atoms with Gasteiger partial charge in [0, 0.05) is 22.0 Å². The Morgan fingerprint density at radius 2 is 1.81 bits per heavy atom. The molecule has 0 aromatic heterocycles. The predicted octanol–water partition coefficient (Wildman–Crippen LogP) is 4.30. The molecule has 2 aliphatic rings. The lowest BCUT2D eigenvalue weighted by molar-refractivity contribution is -0.706. The minimum absolute atomic E-state index is 0.586. The molecule has 142 valence electrons. The standard InChI is InChI=1S/C22H26BrN2O2/c1-2-27-20-12-6-17(7-13-20)21-16-22(26,18-8-10-19(23)11-9-18)25-15-5-3-4-14-24(21)25/h6-13,26H,2-5,14-16H2,1H3/q+1. The first-order valence-electron chi connectivity index (χ1n) is 9.74. The van der Waals surface area contributed by atoms with Gasteiger partial charge in [-0.05, 0) is 56.2 Å². The lowest BCUT2D eigenvalue weighted by Crippen LogP contribution is -2.46. The number of aliphatic hydroxyl groups is 1. The molecular weight excluding hydrogens is 404 g/mol. The van der Waals surface area contributed by atoms with Crippen molar-refractivity contribution in [1.82, 2.24) is 5.01 Å². The van der Waals surface area contributed by atoms with Crippen LogP contribution in [0.2, 0.25) is 0 Å². The molecule has 1 unspecified atom stereocenters. The summed E-state index contributed by atoms with van der Waals surface area (Å²) < 4.78 is 8.92. The number of hydrogen-bond acceptors (Lipinski definition) is 3. The van der Waals surface area contributed by atoms with E-state index in [1.807, 2.05) is 43.3 Å². The molecule has 2 aromatic carbocycles. The van der Waals surface area contributed by atoms with E-state index in [2.05, 4.69) is 37.8 Å². The van der Waals surface area contributed by atoms with E-state index in [-0.39, 0.29) is 0 Å². The van der Waals surface area contributed by atoms with E-state index in [4.69, 9.17) is 4.74 Å². The van der Waals surface area contributed by atoms with Crippen molar-refractivity contribution in [2.75, 3.05) is 19.7 Å². The molecule has 4 rings (SSSR count). The van der Waals surface area contributed by atoms with Crippen LogP contribution in [0.15, 0.2) is 53.0 Å². The summed E-state index contributed by atoms with van der Waals surface area (Å²) in [5.41, 5.74) is 2.28. The molecule has 0 radical (unpaired) electrons. The number of hydrazine groups is 1. The molecule has 0 amide bonds. The first-order valence-corrected chi connectivity index (χ1v) is 10.5. The zero-order valence-corrected chi connectivity index (χ0v) is 17.3. The summed E-state index contributed by atoms with van der Waals surface area (Å²) in [6.07, 6.45) is 4.03. The Bertz CT molecular complexity index is 832. The zero-order chi connectivity index (χ0) is 18.9. The molecule has 2 aromatic rings. The topological polar surface area (TPSA) is 35.7 Å². The van der Waals surface area contributed by atoms with Gasteiger partial charge in [-0.3, -0.25) is 0 Å². The van der Waals surface area contributed by atoms with Crippen molar-refractivity contribution in [3.05, 3.63) is 64.1 Å². The monoisotopic (exact) mass is 429 g/mol. The van der Waals surface area contributed by atoms with E-state index in [1.54, 1.807) is 0 Å². The Kier molecular flexibility index (Phi) is 5.24. The summed E-state index contributed by atoms with van der Waals surface area (Å²) in [4.78, 5) is 0. The summed E-state index contributed by atoms with van der Waals surface area (Å²) in [6.45, 7) is 4.47. The van der Waals surface area contributed by atoms with E-state index in [0.717, 1.165) is 47.3 Å². The van der Waals surface area contributed by atoms with Crippen molar-refractivity contribution in [3.63, 3.8) is 0 Å². The molecular formula is C22H26BrN2O2+. The van der Waals surface area contributed by atoms with Crippen molar-refractivity contribution in [3.8, 4) is 5.75 Å². The van der Waals surface area contributed by atoms with E-state index in [0.29, 0.717) is 13.0 Å². The maximum Gasteiger partial charge on any atom is 0.225 e. The molecule has 0 spiro atoms. The van der Waals surface area contributed by atoms with Crippen LogP contribution >= 0.6 is 15.9 Å². The number of hydrazone groups is 1. The van der Waals surface area contributed by atoms with Gasteiger partial charge in [0.1, 0.15) is 5.75 Å². The quantitative estimate of drug-likeness (QED) is 0.735. The highest BCUT2D eigenvalue weighted by Gasteiger charge is 2.52. The van der Waals surface area contributed by atoms with Gasteiger partial charge in [-0.25, -0.2) is 0 Å². The third-order valence-corrected chi connectivity index (χ3v) is 6.02. The minimum Gasteiger partial charge on any atom is -0.494 e. The van der Waals surface area contributed by atoms with Gasteiger partial charge in [0.25, 0.3) is 0 Å². The van der Waals surface area contributed by atoms with E-state index < -0.39 is 5.72 Å². The fourth-order valence-corrected chi connectivity index (χ4v) is 4.42. The number of halogens is 1. The van der Waals surface area contributed by atoms with Gasteiger partial charge in [0.2, 0.25) is 11.4 Å². The summed E-state index contributed by atoms with van der Waals surface area (Å²) in [5.74, 6) is 0.885. The van der Waals surface area contributed by atoms with Gasteiger partial charge in [0.05, 0.1) is 19.6 Å². The second-order valence-corrected chi connectivity index (χ2v) is 8.13. The van der Waals surface area contributed by atoms with E-state index >= 15 is 0 Å². The highest BCUT2D eigenvalue weighted by Crippen LogP contribution is 2.38. The zero-order valence-electron chi connectivity index (χ0n) is 15.7. The Labute approximate surface area is 169 Å². The Balaban J connectivity index is 1.73. The number of fused-ring (bicyclic) bond motifs is 1. The molecule has 5 heteroatoms. The highest BCUT2D eigenvalue weighted by molar-refractivity contribution is 9.10. The molecule has 1 N–H and O–H groups in total. The van der Waals surface area contributed by atoms with Crippen LogP contribution in [0.25, 0.3) is 0 Å². The minimum atomic E-state index is -1.00. The second kappa shape index (κ2) is 7.64. The van der Waals surface area contributed by atoms with Gasteiger partial charge in [-0.15, -0.1) is 9.69 Å². The average molecular weight is 430 g/mol. The maximum atomic E-state index is 11.8. The van der Waals surface area contributed by atoms with Crippen LogP contribution in [0.1, 0.15) is 43.7 Å². The first-order chi connectivity index (χ1) is 13.1. The summed E-state index contributed by atoms with van der Waals surface area (Å²) in [5, 5.41) is 13.9. The molecule has 1 atom stereocenters. The lowest BCUT2D eigenvalue weighted by Gasteiger charge is -2.30. The van der Waals surface area contributed by atoms with Crippen LogP contribution in [0.3, 0.4) is 0 Å². The number of nitrogens with zero attached hydrogens (tertiary/aromatic N) is 2. The summed E-state index contributed by atoms with van der Waals surface area (Å²) in [7, 11) is 0. The van der Waals surface area contributed by atoms with Crippen LogP contribution in [0.4, 0.5) is 0 Å². The van der Waals surface area contributed by atoms with Crippen LogP contribution in [0.5, 0.6) is 5.75 Å². The average Bonchev–Trinajstić information content (AvgIpc) is 2.84. The van der Waals surface area contributed by atoms with Crippen LogP contribution in [-0.4, -0.2) is 40.2 Å². The highest BCUT2D eigenvalue weighted by atomic mass is 79.9. The van der Waals surface area contributed by atoms with E-state index in [9.17, 15) is 5.11 Å². The molecule has 27 heavy (non-hydrogen) atoms. The third kappa shape index (κ3) is 3.50. The van der Waals surface area contributed by atoms with Crippen molar-refractivity contribution in [2.24, 2.45) is 0 Å². The molecule has 0 aliphatic carbocycles. The van der Waals surface area contributed by atoms with Crippen LogP contribution < -0.4 is 4.74 Å². The first kappa shape index (κ1) is 18.5. The molecule has 1 fully saturated rings. The Hall–Kier alpha value is -1.85. The second-order valence-electron chi connectivity index (χ2n) is 7.21. The van der Waals surface area contributed by atoms with Crippen molar-refractivity contribution in [1.29, 1.82) is 0 Å². The number of benzene rings is 2. The van der Waals surface area contributed by atoms with Crippen molar-refractivity contribution >= 4 is 21.6 Å². The maximum absolute atomic E-state index is 11.8. The number of rotatable bonds is 4. The molecule has 0 bridgehead atoms. The molecule has 2 heterocycles.